The van der Waals surface area contributed by atoms with Crippen LogP contribution in [0.15, 0.2) is 40.8 Å². The lowest BCUT2D eigenvalue weighted by molar-refractivity contribution is 0.0694. The summed E-state index contributed by atoms with van der Waals surface area (Å²) in [6.45, 7) is 2.05. The first-order chi connectivity index (χ1) is 13.6. The van der Waals surface area contributed by atoms with E-state index < -0.39 is 11.9 Å². The average Bonchev–Trinajstić information content (AvgIpc) is 3.41. The minimum atomic E-state index is -1.10. The number of rotatable bonds is 6. The second-order valence-electron chi connectivity index (χ2n) is 6.76. The summed E-state index contributed by atoms with van der Waals surface area (Å²) in [4.78, 5) is 23.7. The molecule has 1 amide bonds. The molecule has 1 aliphatic rings. The molecule has 144 valence electrons. The maximum absolute atomic E-state index is 12.5. The first kappa shape index (κ1) is 18.0. The molecule has 0 saturated carbocycles. The van der Waals surface area contributed by atoms with Gasteiger partial charge in [0.25, 0.3) is 5.91 Å². The first-order valence-corrected chi connectivity index (χ1v) is 9.37. The Balaban J connectivity index is 1.54. The van der Waals surface area contributed by atoms with Crippen molar-refractivity contribution in [3.63, 3.8) is 0 Å². The molecule has 7 heteroatoms. The van der Waals surface area contributed by atoms with E-state index in [0.717, 1.165) is 30.6 Å². The summed E-state index contributed by atoms with van der Waals surface area (Å²) in [7, 11) is 0. The van der Waals surface area contributed by atoms with Crippen LogP contribution in [-0.4, -0.2) is 26.8 Å². The Kier molecular flexibility index (Phi) is 4.73. The van der Waals surface area contributed by atoms with Crippen LogP contribution in [0.25, 0.3) is 5.69 Å². The van der Waals surface area contributed by atoms with Crippen LogP contribution in [0.4, 0.5) is 0 Å². The van der Waals surface area contributed by atoms with E-state index in [0.29, 0.717) is 12.2 Å². The summed E-state index contributed by atoms with van der Waals surface area (Å²) in [5.41, 5.74) is 4.24. The number of fused-ring (bicyclic) bond motifs is 1. The quantitative estimate of drug-likeness (QED) is 0.686. The van der Waals surface area contributed by atoms with Gasteiger partial charge in [-0.3, -0.25) is 4.79 Å². The number of carbonyl (C=O) groups excluding carboxylic acids is 1. The molecule has 0 spiro atoms. The Labute approximate surface area is 162 Å². The number of nitrogens with zero attached hydrogens (tertiary/aromatic N) is 2. The van der Waals surface area contributed by atoms with E-state index in [9.17, 15) is 14.7 Å². The van der Waals surface area contributed by atoms with Gasteiger partial charge in [0.1, 0.15) is 11.3 Å². The second kappa shape index (κ2) is 7.34. The van der Waals surface area contributed by atoms with Crippen LogP contribution in [0.3, 0.4) is 0 Å². The highest BCUT2D eigenvalue weighted by atomic mass is 16.4. The molecule has 2 aromatic heterocycles. The maximum atomic E-state index is 12.5. The highest BCUT2D eigenvalue weighted by Crippen LogP contribution is 2.27. The number of para-hydroxylation sites is 1. The van der Waals surface area contributed by atoms with Crippen molar-refractivity contribution in [3.05, 3.63) is 70.4 Å². The molecule has 1 aromatic carbocycles. The summed E-state index contributed by atoms with van der Waals surface area (Å²) < 4.78 is 7.38. The predicted molar refractivity (Wildman–Crippen MR) is 102 cm³/mol. The Bertz CT molecular complexity index is 1030. The lowest BCUT2D eigenvalue weighted by Crippen LogP contribution is -2.23. The van der Waals surface area contributed by atoms with E-state index >= 15 is 0 Å². The predicted octanol–water partition coefficient (Wildman–Crippen LogP) is 3.14. The van der Waals surface area contributed by atoms with Gasteiger partial charge in [-0.1, -0.05) is 25.1 Å². The van der Waals surface area contributed by atoms with Crippen molar-refractivity contribution in [3.8, 4) is 5.69 Å². The summed E-state index contributed by atoms with van der Waals surface area (Å²) in [6.07, 6.45) is 3.38. The van der Waals surface area contributed by atoms with Crippen LogP contribution >= 0.6 is 0 Å². The van der Waals surface area contributed by atoms with Crippen molar-refractivity contribution >= 4 is 11.9 Å². The molecule has 28 heavy (non-hydrogen) atoms. The molecular formula is C21H21N3O4. The molecule has 1 aliphatic carbocycles. The minimum absolute atomic E-state index is 0.00777. The number of nitrogens with one attached hydrogen (secondary N) is 1. The SMILES string of the molecule is CCc1oc(C(=O)NCc2nn(-c3ccccc3)c3c2CCC3)cc1C(=O)O. The molecule has 2 N–H and O–H groups in total. The van der Waals surface area contributed by atoms with E-state index in [2.05, 4.69) is 5.32 Å². The number of carboxylic acids is 1. The molecule has 7 nitrogen and oxygen atoms in total. The number of carboxylic acid groups (broad SMARTS) is 1. The normalized spacial score (nSPS) is 12.8. The van der Waals surface area contributed by atoms with Gasteiger partial charge in [0, 0.05) is 18.2 Å². The van der Waals surface area contributed by atoms with Crippen LogP contribution in [0.1, 0.15) is 57.0 Å². The Morgan fingerprint density at radius 1 is 1.25 bits per heavy atom. The number of hydrogen-bond acceptors (Lipinski definition) is 4. The van der Waals surface area contributed by atoms with Crippen molar-refractivity contribution < 1.29 is 19.1 Å². The highest BCUT2D eigenvalue weighted by Gasteiger charge is 2.24. The van der Waals surface area contributed by atoms with Crippen LogP contribution in [-0.2, 0) is 25.8 Å². The van der Waals surface area contributed by atoms with Crippen LogP contribution < -0.4 is 5.32 Å². The number of aromatic nitrogens is 2. The van der Waals surface area contributed by atoms with Crippen molar-refractivity contribution in [1.82, 2.24) is 15.1 Å². The van der Waals surface area contributed by atoms with E-state index in [1.807, 2.05) is 35.0 Å². The van der Waals surface area contributed by atoms with E-state index in [-0.39, 0.29) is 17.9 Å². The number of aryl methyl sites for hydroxylation is 1. The van der Waals surface area contributed by atoms with Gasteiger partial charge in [-0.25, -0.2) is 9.48 Å². The van der Waals surface area contributed by atoms with Gasteiger partial charge < -0.3 is 14.8 Å². The van der Waals surface area contributed by atoms with Crippen LogP contribution in [0, 0.1) is 0 Å². The van der Waals surface area contributed by atoms with Gasteiger partial charge in [-0.15, -0.1) is 0 Å². The maximum Gasteiger partial charge on any atom is 0.339 e. The van der Waals surface area contributed by atoms with Crippen LogP contribution in [0.5, 0.6) is 0 Å². The van der Waals surface area contributed by atoms with Gasteiger partial charge in [0.15, 0.2) is 5.76 Å². The average molecular weight is 379 g/mol. The van der Waals surface area contributed by atoms with Gasteiger partial charge in [0.2, 0.25) is 0 Å². The smallest absolute Gasteiger partial charge is 0.339 e. The zero-order chi connectivity index (χ0) is 19.7. The van der Waals surface area contributed by atoms with Crippen molar-refractivity contribution in [2.24, 2.45) is 0 Å². The fourth-order valence-corrected chi connectivity index (χ4v) is 3.67. The number of benzene rings is 1. The van der Waals surface area contributed by atoms with Gasteiger partial charge in [0.05, 0.1) is 17.9 Å². The number of carbonyl (C=O) groups is 2. The number of amides is 1. The zero-order valence-corrected chi connectivity index (χ0v) is 15.6. The third-order valence-electron chi connectivity index (χ3n) is 5.01. The third kappa shape index (κ3) is 3.19. The van der Waals surface area contributed by atoms with E-state index in [1.54, 1.807) is 6.92 Å². The van der Waals surface area contributed by atoms with E-state index in [1.165, 1.54) is 17.3 Å². The van der Waals surface area contributed by atoms with Crippen molar-refractivity contribution in [2.45, 2.75) is 39.2 Å². The molecule has 0 bridgehead atoms. The minimum Gasteiger partial charge on any atom is -0.478 e. The lowest BCUT2D eigenvalue weighted by Gasteiger charge is -2.05. The second-order valence-corrected chi connectivity index (χ2v) is 6.76. The first-order valence-electron chi connectivity index (χ1n) is 9.37. The zero-order valence-electron chi connectivity index (χ0n) is 15.6. The topological polar surface area (TPSA) is 97.4 Å². The van der Waals surface area contributed by atoms with Gasteiger partial charge in [-0.05, 0) is 37.0 Å². The molecule has 0 fully saturated rings. The fourth-order valence-electron chi connectivity index (χ4n) is 3.67. The van der Waals surface area contributed by atoms with Crippen LogP contribution in [0.2, 0.25) is 0 Å². The number of furan rings is 1. The molecule has 0 radical (unpaired) electrons. The largest absolute Gasteiger partial charge is 0.478 e. The summed E-state index contributed by atoms with van der Waals surface area (Å²) >= 11 is 0. The molecule has 2 heterocycles. The molecule has 0 saturated heterocycles. The standard InChI is InChI=1S/C21H21N3O4/c1-2-18-15(21(26)27)11-19(28-18)20(25)22-12-16-14-9-6-10-17(14)24(23-16)13-7-4-3-5-8-13/h3-5,7-8,11H,2,6,9-10,12H2,1H3,(H,22,25)(H,26,27). The molecule has 0 aliphatic heterocycles. The van der Waals surface area contributed by atoms with E-state index in [4.69, 9.17) is 9.52 Å². The summed E-state index contributed by atoms with van der Waals surface area (Å²) in [5, 5.41) is 16.7. The lowest BCUT2D eigenvalue weighted by atomic mass is 10.2. The molecule has 0 unspecified atom stereocenters. The highest BCUT2D eigenvalue weighted by molar-refractivity contribution is 5.96. The summed E-state index contributed by atoms with van der Waals surface area (Å²) in [5.74, 6) is -1.23. The Hall–Kier alpha value is -3.35. The molecule has 4 rings (SSSR count). The van der Waals surface area contributed by atoms with Crippen molar-refractivity contribution in [1.29, 1.82) is 0 Å². The molecule has 0 atom stereocenters. The monoisotopic (exact) mass is 379 g/mol. The van der Waals surface area contributed by atoms with Gasteiger partial charge in [-0.2, -0.15) is 5.10 Å². The number of hydrogen-bond donors (Lipinski definition) is 2. The third-order valence-corrected chi connectivity index (χ3v) is 5.01. The summed E-state index contributed by atoms with van der Waals surface area (Å²) in [6, 6.07) is 11.2. The van der Waals surface area contributed by atoms with Crippen molar-refractivity contribution in [2.75, 3.05) is 0 Å². The Morgan fingerprint density at radius 3 is 2.71 bits per heavy atom. The van der Waals surface area contributed by atoms with Gasteiger partial charge >= 0.3 is 5.97 Å². The Morgan fingerprint density at radius 2 is 2.04 bits per heavy atom. The molecular weight excluding hydrogens is 358 g/mol. The fraction of sp³-hybridized carbons (Fsp3) is 0.286. The number of aromatic carboxylic acids is 1. The molecule has 3 aromatic rings.